The van der Waals surface area contributed by atoms with E-state index in [2.05, 4.69) is 15.8 Å². The highest BCUT2D eigenvalue weighted by Gasteiger charge is 2.03. The topological polar surface area (TPSA) is 62.7 Å². The van der Waals surface area contributed by atoms with Gasteiger partial charge in [0, 0.05) is 18.3 Å². The minimum absolute atomic E-state index is 0.253. The number of nitrogens with one attached hydrogen (secondary N) is 2. The van der Waals surface area contributed by atoms with Crippen LogP contribution < -0.4 is 15.5 Å². The van der Waals surface area contributed by atoms with Crippen LogP contribution in [-0.2, 0) is 0 Å². The third-order valence-corrected chi connectivity index (χ3v) is 2.91. The molecule has 0 heterocycles. The molecular formula is C16H17N3O2. The lowest BCUT2D eigenvalue weighted by Gasteiger charge is -2.03. The standard InChI is InChI=1S/C16H17N3O2/c1-17-14-8-6-13(7-9-14)16(20)19-18-11-12-4-3-5-15(10-12)21-2/h3-11,17H,1-2H3,(H,19,20). The molecule has 108 valence electrons. The molecule has 0 saturated carbocycles. The van der Waals surface area contributed by atoms with Gasteiger partial charge in [0.1, 0.15) is 5.75 Å². The molecule has 0 unspecified atom stereocenters. The summed E-state index contributed by atoms with van der Waals surface area (Å²) in [5.41, 5.74) is 4.84. The van der Waals surface area contributed by atoms with Crippen molar-refractivity contribution in [1.29, 1.82) is 0 Å². The van der Waals surface area contributed by atoms with E-state index in [1.54, 1.807) is 25.5 Å². The summed E-state index contributed by atoms with van der Waals surface area (Å²) in [5, 5.41) is 6.94. The molecule has 2 N–H and O–H groups in total. The first-order valence-electron chi connectivity index (χ1n) is 6.48. The van der Waals surface area contributed by atoms with Crippen molar-refractivity contribution in [2.24, 2.45) is 5.10 Å². The Morgan fingerprint density at radius 3 is 2.62 bits per heavy atom. The Balaban J connectivity index is 1.97. The van der Waals surface area contributed by atoms with Crippen LogP contribution in [0.1, 0.15) is 15.9 Å². The Kier molecular flexibility index (Phi) is 4.93. The molecule has 21 heavy (non-hydrogen) atoms. The van der Waals surface area contributed by atoms with Crippen LogP contribution in [0.3, 0.4) is 0 Å². The first-order valence-corrected chi connectivity index (χ1v) is 6.48. The molecule has 5 nitrogen and oxygen atoms in total. The van der Waals surface area contributed by atoms with Crippen LogP contribution in [0, 0.1) is 0 Å². The van der Waals surface area contributed by atoms with Crippen molar-refractivity contribution in [3.8, 4) is 5.75 Å². The van der Waals surface area contributed by atoms with Crippen molar-refractivity contribution >= 4 is 17.8 Å². The number of anilines is 1. The number of amides is 1. The van der Waals surface area contributed by atoms with Crippen molar-refractivity contribution in [1.82, 2.24) is 5.43 Å². The molecule has 5 heteroatoms. The van der Waals surface area contributed by atoms with E-state index in [1.165, 1.54) is 0 Å². The average molecular weight is 283 g/mol. The smallest absolute Gasteiger partial charge is 0.271 e. The van der Waals surface area contributed by atoms with E-state index in [-0.39, 0.29) is 5.91 Å². The van der Waals surface area contributed by atoms with Crippen LogP contribution in [0.2, 0.25) is 0 Å². The Morgan fingerprint density at radius 2 is 1.95 bits per heavy atom. The van der Waals surface area contributed by atoms with Gasteiger partial charge in [-0.25, -0.2) is 5.43 Å². The lowest BCUT2D eigenvalue weighted by Crippen LogP contribution is -2.17. The van der Waals surface area contributed by atoms with Crippen molar-refractivity contribution in [3.63, 3.8) is 0 Å². The van der Waals surface area contributed by atoms with Crippen molar-refractivity contribution in [2.45, 2.75) is 0 Å². The minimum atomic E-state index is -0.253. The molecule has 0 aliphatic carbocycles. The van der Waals surface area contributed by atoms with Gasteiger partial charge in [-0.2, -0.15) is 5.10 Å². The van der Waals surface area contributed by atoms with Crippen molar-refractivity contribution in [3.05, 3.63) is 59.7 Å². The van der Waals surface area contributed by atoms with E-state index < -0.39 is 0 Å². The second kappa shape index (κ2) is 7.09. The van der Waals surface area contributed by atoms with E-state index in [0.29, 0.717) is 5.56 Å². The number of carbonyl (C=O) groups excluding carboxylic acids is 1. The summed E-state index contributed by atoms with van der Waals surface area (Å²) in [6, 6.07) is 14.6. The molecule has 0 spiro atoms. The van der Waals surface area contributed by atoms with Gasteiger partial charge >= 0.3 is 0 Å². The molecular weight excluding hydrogens is 266 g/mol. The van der Waals surface area contributed by atoms with Crippen LogP contribution in [0.4, 0.5) is 5.69 Å². The molecule has 2 aromatic rings. The number of methoxy groups -OCH3 is 1. The zero-order valence-corrected chi connectivity index (χ0v) is 12.0. The van der Waals surface area contributed by atoms with E-state index in [1.807, 2.05) is 43.4 Å². The summed E-state index contributed by atoms with van der Waals surface area (Å²) in [6.07, 6.45) is 1.57. The highest BCUT2D eigenvalue weighted by Crippen LogP contribution is 2.11. The van der Waals surface area contributed by atoms with Gasteiger partial charge in [-0.05, 0) is 42.0 Å². The quantitative estimate of drug-likeness (QED) is 0.654. The number of ether oxygens (including phenoxy) is 1. The molecule has 0 aromatic heterocycles. The summed E-state index contributed by atoms with van der Waals surface area (Å²) < 4.78 is 5.12. The normalized spacial score (nSPS) is 10.4. The summed E-state index contributed by atoms with van der Waals surface area (Å²) in [7, 11) is 3.43. The van der Waals surface area contributed by atoms with Gasteiger partial charge < -0.3 is 10.1 Å². The highest BCUT2D eigenvalue weighted by atomic mass is 16.5. The second-order valence-corrected chi connectivity index (χ2v) is 4.30. The third kappa shape index (κ3) is 4.07. The van der Waals surface area contributed by atoms with Crippen LogP contribution >= 0.6 is 0 Å². The summed E-state index contributed by atoms with van der Waals surface area (Å²) in [6.45, 7) is 0. The van der Waals surface area contributed by atoms with E-state index in [0.717, 1.165) is 17.0 Å². The van der Waals surface area contributed by atoms with E-state index in [4.69, 9.17) is 4.74 Å². The van der Waals surface area contributed by atoms with Gasteiger partial charge in [0.25, 0.3) is 5.91 Å². The zero-order chi connectivity index (χ0) is 15.1. The summed E-state index contributed by atoms with van der Waals surface area (Å²) in [4.78, 5) is 11.9. The minimum Gasteiger partial charge on any atom is -0.497 e. The number of nitrogens with zero attached hydrogens (tertiary/aromatic N) is 1. The van der Waals surface area contributed by atoms with E-state index >= 15 is 0 Å². The third-order valence-electron chi connectivity index (χ3n) is 2.91. The first kappa shape index (κ1) is 14.6. The van der Waals surface area contributed by atoms with Crippen LogP contribution in [0.5, 0.6) is 5.75 Å². The summed E-state index contributed by atoms with van der Waals surface area (Å²) >= 11 is 0. The molecule has 0 radical (unpaired) electrons. The van der Waals surface area contributed by atoms with Crippen LogP contribution in [0.15, 0.2) is 53.6 Å². The predicted molar refractivity (Wildman–Crippen MR) is 84.0 cm³/mol. The van der Waals surface area contributed by atoms with Gasteiger partial charge in [0.05, 0.1) is 13.3 Å². The largest absolute Gasteiger partial charge is 0.497 e. The number of carbonyl (C=O) groups is 1. The van der Waals surface area contributed by atoms with Gasteiger partial charge in [0.2, 0.25) is 0 Å². The fourth-order valence-electron chi connectivity index (χ4n) is 1.74. The Bertz CT molecular complexity index is 636. The lowest BCUT2D eigenvalue weighted by molar-refractivity contribution is 0.0955. The maximum Gasteiger partial charge on any atom is 0.271 e. The molecule has 0 atom stereocenters. The molecule has 2 aromatic carbocycles. The van der Waals surface area contributed by atoms with Gasteiger partial charge in [-0.15, -0.1) is 0 Å². The zero-order valence-electron chi connectivity index (χ0n) is 12.0. The molecule has 0 bridgehead atoms. The Hall–Kier alpha value is -2.82. The molecule has 1 amide bonds. The molecule has 0 fully saturated rings. The summed E-state index contributed by atoms with van der Waals surface area (Å²) in [5.74, 6) is 0.490. The SMILES string of the molecule is CNc1ccc(C(=O)NN=Cc2cccc(OC)c2)cc1. The molecule has 0 aliphatic rings. The fraction of sp³-hybridized carbons (Fsp3) is 0.125. The van der Waals surface area contributed by atoms with Crippen LogP contribution in [0.25, 0.3) is 0 Å². The van der Waals surface area contributed by atoms with Crippen LogP contribution in [-0.4, -0.2) is 26.3 Å². The Labute approximate surface area is 123 Å². The van der Waals surface area contributed by atoms with Gasteiger partial charge in [0.15, 0.2) is 0 Å². The predicted octanol–water partition coefficient (Wildman–Crippen LogP) is 2.50. The highest BCUT2D eigenvalue weighted by molar-refractivity contribution is 5.95. The Morgan fingerprint density at radius 1 is 1.19 bits per heavy atom. The average Bonchev–Trinajstić information content (AvgIpc) is 2.55. The maximum atomic E-state index is 11.9. The number of benzene rings is 2. The van der Waals surface area contributed by atoms with Gasteiger partial charge in [-0.1, -0.05) is 12.1 Å². The van der Waals surface area contributed by atoms with E-state index in [9.17, 15) is 4.79 Å². The van der Waals surface area contributed by atoms with Crippen molar-refractivity contribution < 1.29 is 9.53 Å². The lowest BCUT2D eigenvalue weighted by atomic mass is 10.2. The molecule has 0 saturated heterocycles. The maximum absolute atomic E-state index is 11.9. The fourth-order valence-corrected chi connectivity index (χ4v) is 1.74. The number of hydrazone groups is 1. The van der Waals surface area contributed by atoms with Crippen molar-refractivity contribution in [2.75, 3.05) is 19.5 Å². The first-order chi connectivity index (χ1) is 10.2. The monoisotopic (exact) mass is 283 g/mol. The molecule has 2 rings (SSSR count). The number of hydrogen-bond acceptors (Lipinski definition) is 4. The number of hydrogen-bond donors (Lipinski definition) is 2. The second-order valence-electron chi connectivity index (χ2n) is 4.30. The molecule has 0 aliphatic heterocycles. The van der Waals surface area contributed by atoms with Gasteiger partial charge in [-0.3, -0.25) is 4.79 Å². The number of rotatable bonds is 5.